The van der Waals surface area contributed by atoms with Gasteiger partial charge < -0.3 is 14.8 Å². The minimum atomic E-state index is -0.524. The molecule has 138 valence electrons. The van der Waals surface area contributed by atoms with Gasteiger partial charge in [-0.1, -0.05) is 35.9 Å². The molecule has 0 radical (unpaired) electrons. The fourth-order valence-electron chi connectivity index (χ4n) is 2.54. The maximum Gasteiger partial charge on any atom is 0.308 e. The first-order chi connectivity index (χ1) is 12.5. The number of halogens is 1. The van der Waals surface area contributed by atoms with E-state index in [0.29, 0.717) is 0 Å². The number of carbonyl (C=O) groups is 2. The van der Waals surface area contributed by atoms with E-state index in [2.05, 4.69) is 10.3 Å². The number of benzene rings is 1. The van der Waals surface area contributed by atoms with Crippen LogP contribution < -0.4 is 10.1 Å². The van der Waals surface area contributed by atoms with Crippen molar-refractivity contribution in [2.24, 2.45) is 0 Å². The zero-order valence-electron chi connectivity index (χ0n) is 14.9. The minimum Gasteiger partial charge on any atom is -0.480 e. The van der Waals surface area contributed by atoms with Gasteiger partial charge in [0.1, 0.15) is 5.02 Å². The van der Waals surface area contributed by atoms with Gasteiger partial charge >= 0.3 is 5.97 Å². The van der Waals surface area contributed by atoms with Crippen molar-refractivity contribution in [3.63, 3.8) is 0 Å². The Morgan fingerprint density at radius 3 is 2.65 bits per heavy atom. The summed E-state index contributed by atoms with van der Waals surface area (Å²) >= 11 is 6.04. The Morgan fingerprint density at radius 2 is 2.04 bits per heavy atom. The van der Waals surface area contributed by atoms with E-state index in [1.165, 1.54) is 19.4 Å². The van der Waals surface area contributed by atoms with Crippen LogP contribution in [0.25, 0.3) is 0 Å². The molecule has 0 unspecified atom stereocenters. The summed E-state index contributed by atoms with van der Waals surface area (Å²) < 4.78 is 10.0. The molecule has 1 atom stereocenters. The van der Waals surface area contributed by atoms with Crippen molar-refractivity contribution in [2.45, 2.75) is 26.3 Å². The van der Waals surface area contributed by atoms with Gasteiger partial charge in [-0.15, -0.1) is 0 Å². The largest absolute Gasteiger partial charge is 0.480 e. The van der Waals surface area contributed by atoms with E-state index in [4.69, 9.17) is 21.1 Å². The molecule has 0 spiro atoms. The van der Waals surface area contributed by atoms with Gasteiger partial charge in [0.2, 0.25) is 5.88 Å². The summed E-state index contributed by atoms with van der Waals surface area (Å²) in [7, 11) is 1.45. The van der Waals surface area contributed by atoms with Crippen molar-refractivity contribution in [1.29, 1.82) is 0 Å². The van der Waals surface area contributed by atoms with Crippen LogP contribution in [0.15, 0.2) is 36.5 Å². The molecule has 1 aromatic heterocycles. The van der Waals surface area contributed by atoms with E-state index in [1.54, 1.807) is 6.92 Å². The molecule has 0 aliphatic rings. The van der Waals surface area contributed by atoms with E-state index in [1.807, 2.05) is 31.2 Å². The van der Waals surface area contributed by atoms with Gasteiger partial charge in [0.05, 0.1) is 31.7 Å². The SMILES string of the molecule is CCOC(=O)C[C@H](NC(=O)c1cnc(OC)c(Cl)c1)c1ccccc1C. The molecule has 1 amide bonds. The zero-order chi connectivity index (χ0) is 19.1. The average Bonchev–Trinajstić information content (AvgIpc) is 2.61. The van der Waals surface area contributed by atoms with Crippen molar-refractivity contribution in [1.82, 2.24) is 10.3 Å². The predicted octanol–water partition coefficient (Wildman–Crippen LogP) is 3.48. The highest BCUT2D eigenvalue weighted by Crippen LogP contribution is 2.24. The van der Waals surface area contributed by atoms with Crippen LogP contribution in [0.3, 0.4) is 0 Å². The van der Waals surface area contributed by atoms with Crippen LogP contribution in [-0.4, -0.2) is 30.6 Å². The summed E-state index contributed by atoms with van der Waals surface area (Å²) in [6.07, 6.45) is 1.40. The van der Waals surface area contributed by atoms with Gasteiger partial charge in [0, 0.05) is 6.20 Å². The summed E-state index contributed by atoms with van der Waals surface area (Å²) in [5.74, 6) is -0.531. The number of pyridine rings is 1. The second-order valence-corrected chi connectivity index (χ2v) is 6.01. The third kappa shape index (κ3) is 4.95. The van der Waals surface area contributed by atoms with E-state index >= 15 is 0 Å². The Labute approximate surface area is 157 Å². The monoisotopic (exact) mass is 376 g/mol. The van der Waals surface area contributed by atoms with Crippen LogP contribution in [0.5, 0.6) is 5.88 Å². The minimum absolute atomic E-state index is 0.0295. The van der Waals surface area contributed by atoms with Crippen molar-refractivity contribution in [3.8, 4) is 5.88 Å². The van der Waals surface area contributed by atoms with Crippen molar-refractivity contribution >= 4 is 23.5 Å². The summed E-state index contributed by atoms with van der Waals surface area (Å²) in [6, 6.07) is 8.50. The second kappa shape index (κ2) is 9.20. The highest BCUT2D eigenvalue weighted by atomic mass is 35.5. The lowest BCUT2D eigenvalue weighted by Gasteiger charge is -2.20. The normalized spacial score (nSPS) is 11.5. The Bertz CT molecular complexity index is 795. The number of hydrogen-bond acceptors (Lipinski definition) is 5. The number of nitrogens with zero attached hydrogens (tertiary/aromatic N) is 1. The van der Waals surface area contributed by atoms with E-state index in [-0.39, 0.29) is 41.4 Å². The topological polar surface area (TPSA) is 77.5 Å². The first kappa shape index (κ1) is 19.7. The van der Waals surface area contributed by atoms with Crippen molar-refractivity contribution in [2.75, 3.05) is 13.7 Å². The Morgan fingerprint density at radius 1 is 1.31 bits per heavy atom. The number of esters is 1. The summed E-state index contributed by atoms with van der Waals surface area (Å²) in [5.41, 5.74) is 2.09. The van der Waals surface area contributed by atoms with Crippen LogP contribution in [0.1, 0.15) is 40.9 Å². The molecule has 6 nitrogen and oxygen atoms in total. The third-order valence-corrected chi connectivity index (χ3v) is 4.08. The Kier molecular flexibility index (Phi) is 6.97. The Balaban J connectivity index is 2.25. The smallest absolute Gasteiger partial charge is 0.308 e. The van der Waals surface area contributed by atoms with Crippen molar-refractivity contribution in [3.05, 3.63) is 58.2 Å². The highest BCUT2D eigenvalue weighted by molar-refractivity contribution is 6.32. The van der Waals surface area contributed by atoms with Gasteiger partial charge in [0.15, 0.2) is 0 Å². The molecule has 0 fully saturated rings. The molecule has 7 heteroatoms. The summed E-state index contributed by atoms with van der Waals surface area (Å²) in [5, 5.41) is 3.10. The van der Waals surface area contributed by atoms with Gasteiger partial charge in [-0.2, -0.15) is 0 Å². The first-order valence-corrected chi connectivity index (χ1v) is 8.55. The molecule has 26 heavy (non-hydrogen) atoms. The molecule has 0 bridgehead atoms. The Hall–Kier alpha value is -2.60. The third-order valence-electron chi connectivity index (χ3n) is 3.81. The maximum absolute atomic E-state index is 12.6. The molecule has 0 aliphatic carbocycles. The molecular weight excluding hydrogens is 356 g/mol. The molecule has 0 saturated carbocycles. The van der Waals surface area contributed by atoms with Crippen LogP contribution in [-0.2, 0) is 9.53 Å². The van der Waals surface area contributed by atoms with Gasteiger partial charge in [0.25, 0.3) is 5.91 Å². The maximum atomic E-state index is 12.6. The average molecular weight is 377 g/mol. The van der Waals surface area contributed by atoms with Gasteiger partial charge in [-0.05, 0) is 31.0 Å². The highest BCUT2D eigenvalue weighted by Gasteiger charge is 2.22. The number of nitrogens with one attached hydrogen (secondary N) is 1. The fraction of sp³-hybridized carbons (Fsp3) is 0.316. The lowest BCUT2D eigenvalue weighted by atomic mass is 9.98. The molecular formula is C19H21ClN2O4. The standard InChI is InChI=1S/C19H21ClN2O4/c1-4-26-17(23)10-16(14-8-6-5-7-12(14)2)22-18(24)13-9-15(20)19(25-3)21-11-13/h5-9,11,16H,4,10H2,1-3H3,(H,22,24)/t16-/m0/s1. The molecule has 0 aliphatic heterocycles. The van der Waals surface area contributed by atoms with Gasteiger partial charge in [-0.25, -0.2) is 4.98 Å². The van der Waals surface area contributed by atoms with Gasteiger partial charge in [-0.3, -0.25) is 9.59 Å². The van der Waals surface area contributed by atoms with E-state index < -0.39 is 6.04 Å². The summed E-state index contributed by atoms with van der Waals surface area (Å²) in [4.78, 5) is 28.6. The number of hydrogen-bond donors (Lipinski definition) is 1. The molecule has 1 N–H and O–H groups in total. The number of carbonyl (C=O) groups excluding carboxylic acids is 2. The zero-order valence-corrected chi connectivity index (χ0v) is 15.7. The van der Waals surface area contributed by atoms with Crippen LogP contribution >= 0.6 is 11.6 Å². The lowest BCUT2D eigenvalue weighted by molar-refractivity contribution is -0.143. The predicted molar refractivity (Wildman–Crippen MR) is 98.4 cm³/mol. The number of ether oxygens (including phenoxy) is 2. The second-order valence-electron chi connectivity index (χ2n) is 5.61. The quantitative estimate of drug-likeness (QED) is 0.748. The van der Waals surface area contributed by atoms with Crippen LogP contribution in [0.4, 0.5) is 0 Å². The first-order valence-electron chi connectivity index (χ1n) is 8.17. The number of amides is 1. The summed E-state index contributed by atoms with van der Waals surface area (Å²) in [6.45, 7) is 3.95. The molecule has 2 rings (SSSR count). The number of methoxy groups -OCH3 is 1. The van der Waals surface area contributed by atoms with Crippen LogP contribution in [0.2, 0.25) is 5.02 Å². The molecule has 2 aromatic rings. The molecule has 1 aromatic carbocycles. The number of aryl methyl sites for hydroxylation is 1. The van der Waals surface area contributed by atoms with Crippen molar-refractivity contribution < 1.29 is 19.1 Å². The number of aromatic nitrogens is 1. The fourth-order valence-corrected chi connectivity index (χ4v) is 2.79. The lowest BCUT2D eigenvalue weighted by Crippen LogP contribution is -2.31. The van der Waals surface area contributed by atoms with E-state index in [0.717, 1.165) is 11.1 Å². The van der Waals surface area contributed by atoms with E-state index in [9.17, 15) is 9.59 Å². The van der Waals surface area contributed by atoms with Crippen LogP contribution in [0, 0.1) is 6.92 Å². The molecule has 1 heterocycles. The number of rotatable bonds is 7. The molecule has 0 saturated heterocycles.